The van der Waals surface area contributed by atoms with E-state index < -0.39 is 5.97 Å². The number of rotatable bonds is 5. The van der Waals surface area contributed by atoms with Crippen molar-refractivity contribution in [2.24, 2.45) is 11.8 Å². The maximum Gasteiger partial charge on any atom is 0.306 e. The fourth-order valence-electron chi connectivity index (χ4n) is 2.80. The van der Waals surface area contributed by atoms with Crippen molar-refractivity contribution in [1.29, 1.82) is 0 Å². The Kier molecular flexibility index (Phi) is 4.99. The molecule has 0 aromatic heterocycles. The third-order valence-electron chi connectivity index (χ3n) is 4.27. The van der Waals surface area contributed by atoms with E-state index in [0.717, 1.165) is 5.56 Å². The van der Waals surface area contributed by atoms with E-state index in [1.165, 1.54) is 5.56 Å². The Morgan fingerprint density at radius 1 is 1.19 bits per heavy atom. The van der Waals surface area contributed by atoms with Gasteiger partial charge in [0.25, 0.3) is 0 Å². The average molecular weight is 289 g/mol. The zero-order valence-corrected chi connectivity index (χ0v) is 12.6. The first-order chi connectivity index (χ1) is 9.97. The van der Waals surface area contributed by atoms with Crippen LogP contribution in [0.2, 0.25) is 0 Å². The third-order valence-corrected chi connectivity index (χ3v) is 4.27. The minimum absolute atomic E-state index is 0.0216. The summed E-state index contributed by atoms with van der Waals surface area (Å²) in [5.41, 5.74) is 2.35. The number of hydrogen-bond acceptors (Lipinski definition) is 2. The molecular formula is C17H23NO3. The number of carboxylic acids is 1. The quantitative estimate of drug-likeness (QED) is 0.876. The van der Waals surface area contributed by atoms with Crippen molar-refractivity contribution in [2.45, 2.75) is 45.6 Å². The van der Waals surface area contributed by atoms with Crippen LogP contribution < -0.4 is 5.32 Å². The highest BCUT2D eigenvalue weighted by atomic mass is 16.4. The highest BCUT2D eigenvalue weighted by molar-refractivity contribution is 5.80. The lowest BCUT2D eigenvalue weighted by Gasteiger charge is -2.12. The van der Waals surface area contributed by atoms with E-state index in [4.69, 9.17) is 5.11 Å². The Bertz CT molecular complexity index is 507. The first-order valence-electron chi connectivity index (χ1n) is 7.56. The van der Waals surface area contributed by atoms with Crippen molar-refractivity contribution < 1.29 is 14.7 Å². The number of aliphatic carboxylic acids is 1. The normalized spacial score (nSPS) is 21.5. The molecule has 0 saturated heterocycles. The number of hydrogen-bond donors (Lipinski definition) is 2. The molecule has 2 atom stereocenters. The second-order valence-electron chi connectivity index (χ2n) is 6.16. The molecule has 0 aliphatic heterocycles. The molecule has 0 radical (unpaired) electrons. The van der Waals surface area contributed by atoms with Crippen molar-refractivity contribution in [3.63, 3.8) is 0 Å². The molecule has 1 aliphatic rings. The van der Waals surface area contributed by atoms with Gasteiger partial charge in [0.05, 0.1) is 5.92 Å². The molecule has 2 rings (SSSR count). The van der Waals surface area contributed by atoms with E-state index in [0.29, 0.717) is 31.7 Å². The van der Waals surface area contributed by atoms with Crippen LogP contribution in [0.4, 0.5) is 0 Å². The van der Waals surface area contributed by atoms with Gasteiger partial charge in [0.2, 0.25) is 5.91 Å². The Morgan fingerprint density at radius 2 is 1.81 bits per heavy atom. The summed E-state index contributed by atoms with van der Waals surface area (Å²) in [5, 5.41) is 11.9. The second-order valence-corrected chi connectivity index (χ2v) is 6.16. The van der Waals surface area contributed by atoms with Crippen LogP contribution >= 0.6 is 0 Å². The first kappa shape index (κ1) is 15.5. The van der Waals surface area contributed by atoms with E-state index in [9.17, 15) is 9.59 Å². The molecule has 1 aliphatic carbocycles. The summed E-state index contributed by atoms with van der Waals surface area (Å²) < 4.78 is 0. The van der Waals surface area contributed by atoms with Gasteiger partial charge in [-0.05, 0) is 36.3 Å². The van der Waals surface area contributed by atoms with Gasteiger partial charge >= 0.3 is 5.97 Å². The number of carboxylic acid groups (broad SMARTS) is 1. The summed E-state index contributed by atoms with van der Waals surface area (Å²) in [6.07, 6.45) is 1.75. The molecule has 1 amide bonds. The summed E-state index contributed by atoms with van der Waals surface area (Å²) in [6, 6.07) is 8.24. The van der Waals surface area contributed by atoms with E-state index in [2.05, 4.69) is 31.3 Å². The Labute approximate surface area is 125 Å². The van der Waals surface area contributed by atoms with Crippen LogP contribution in [0.25, 0.3) is 0 Å². The van der Waals surface area contributed by atoms with Crippen LogP contribution in [-0.4, -0.2) is 17.0 Å². The topological polar surface area (TPSA) is 66.4 Å². The fourth-order valence-corrected chi connectivity index (χ4v) is 2.80. The fraction of sp³-hybridized carbons (Fsp3) is 0.529. The molecule has 21 heavy (non-hydrogen) atoms. The first-order valence-corrected chi connectivity index (χ1v) is 7.56. The smallest absolute Gasteiger partial charge is 0.306 e. The summed E-state index contributed by atoms with van der Waals surface area (Å²) in [7, 11) is 0. The molecule has 0 heterocycles. The van der Waals surface area contributed by atoms with E-state index in [1.807, 2.05) is 12.1 Å². The lowest BCUT2D eigenvalue weighted by molar-refractivity contribution is -0.141. The molecule has 2 N–H and O–H groups in total. The summed E-state index contributed by atoms with van der Waals surface area (Å²) >= 11 is 0. The molecule has 0 bridgehead atoms. The Balaban J connectivity index is 1.83. The summed E-state index contributed by atoms with van der Waals surface area (Å²) in [4.78, 5) is 23.0. The number of carbonyl (C=O) groups is 2. The summed E-state index contributed by atoms with van der Waals surface area (Å²) in [6.45, 7) is 4.80. The maximum atomic E-state index is 12.1. The average Bonchev–Trinajstić information content (AvgIpc) is 2.95. The van der Waals surface area contributed by atoms with Gasteiger partial charge in [-0.2, -0.15) is 0 Å². The van der Waals surface area contributed by atoms with Gasteiger partial charge in [-0.15, -0.1) is 0 Å². The van der Waals surface area contributed by atoms with Gasteiger partial charge in [-0.3, -0.25) is 9.59 Å². The number of benzene rings is 1. The molecule has 1 fully saturated rings. The maximum absolute atomic E-state index is 12.1. The Morgan fingerprint density at radius 3 is 2.33 bits per heavy atom. The highest BCUT2D eigenvalue weighted by Gasteiger charge is 2.33. The minimum atomic E-state index is -0.783. The largest absolute Gasteiger partial charge is 0.481 e. The zero-order valence-electron chi connectivity index (χ0n) is 12.6. The molecule has 1 saturated carbocycles. The van der Waals surface area contributed by atoms with Crippen molar-refractivity contribution in [1.82, 2.24) is 5.32 Å². The van der Waals surface area contributed by atoms with Gasteiger partial charge in [0, 0.05) is 12.5 Å². The molecule has 114 valence electrons. The van der Waals surface area contributed by atoms with Crippen molar-refractivity contribution >= 4 is 11.9 Å². The highest BCUT2D eigenvalue weighted by Crippen LogP contribution is 2.31. The predicted octanol–water partition coefficient (Wildman–Crippen LogP) is 2.93. The van der Waals surface area contributed by atoms with Gasteiger partial charge < -0.3 is 10.4 Å². The molecule has 4 nitrogen and oxygen atoms in total. The van der Waals surface area contributed by atoms with Crippen LogP contribution in [0, 0.1) is 11.8 Å². The van der Waals surface area contributed by atoms with Crippen LogP contribution in [0.1, 0.15) is 50.2 Å². The second kappa shape index (κ2) is 6.74. The molecule has 1 aromatic carbocycles. The van der Waals surface area contributed by atoms with Gasteiger partial charge in [-0.25, -0.2) is 0 Å². The van der Waals surface area contributed by atoms with E-state index in [1.54, 1.807) is 0 Å². The zero-order chi connectivity index (χ0) is 15.4. The number of amides is 1. The predicted molar refractivity (Wildman–Crippen MR) is 80.8 cm³/mol. The van der Waals surface area contributed by atoms with Crippen molar-refractivity contribution in [3.05, 3.63) is 35.4 Å². The third kappa shape index (κ3) is 4.06. The summed E-state index contributed by atoms with van der Waals surface area (Å²) in [5.74, 6) is -0.812. The van der Waals surface area contributed by atoms with Gasteiger partial charge in [0.1, 0.15) is 0 Å². The molecule has 4 heteroatoms. The van der Waals surface area contributed by atoms with Crippen LogP contribution in [-0.2, 0) is 16.1 Å². The molecular weight excluding hydrogens is 266 g/mol. The lowest BCUT2D eigenvalue weighted by Crippen LogP contribution is -2.29. The molecule has 2 unspecified atom stereocenters. The lowest BCUT2D eigenvalue weighted by atomic mass is 10.0. The van der Waals surface area contributed by atoms with Crippen LogP contribution in [0.3, 0.4) is 0 Å². The standard InChI is InChI=1S/C17H23NO3/c1-11(2)13-5-3-12(4-6-13)10-18-16(19)14-7-8-15(9-14)17(20)21/h3-6,11,14-15H,7-10H2,1-2H3,(H,18,19)(H,20,21). The number of carbonyl (C=O) groups excluding carboxylic acids is 1. The molecule has 0 spiro atoms. The van der Waals surface area contributed by atoms with Crippen molar-refractivity contribution in [3.8, 4) is 0 Å². The SMILES string of the molecule is CC(C)c1ccc(CNC(=O)C2CCC(C(=O)O)C2)cc1. The monoisotopic (exact) mass is 289 g/mol. The van der Waals surface area contributed by atoms with E-state index >= 15 is 0 Å². The number of nitrogens with one attached hydrogen (secondary N) is 1. The van der Waals surface area contributed by atoms with E-state index in [-0.39, 0.29) is 17.7 Å². The molecule has 1 aromatic rings. The van der Waals surface area contributed by atoms with Crippen molar-refractivity contribution in [2.75, 3.05) is 0 Å². The Hall–Kier alpha value is -1.84. The van der Waals surface area contributed by atoms with Gasteiger partial charge in [0.15, 0.2) is 0 Å². The minimum Gasteiger partial charge on any atom is -0.481 e. The van der Waals surface area contributed by atoms with Gasteiger partial charge in [-0.1, -0.05) is 38.1 Å². The van der Waals surface area contributed by atoms with Crippen LogP contribution in [0.15, 0.2) is 24.3 Å². The van der Waals surface area contributed by atoms with Crippen LogP contribution in [0.5, 0.6) is 0 Å².